The molecular formula is C60H70F4N14O3. The maximum Gasteiger partial charge on any atom is 0.229 e. The Kier molecular flexibility index (Phi) is 19.1. The first kappa shape index (κ1) is 59.3. The van der Waals surface area contributed by atoms with E-state index in [1.165, 1.54) is 18.3 Å². The van der Waals surface area contributed by atoms with Crippen molar-refractivity contribution in [2.75, 3.05) is 50.0 Å². The molecule has 0 saturated carbocycles. The molecule has 0 unspecified atom stereocenters. The molecule has 2 fully saturated rings. The molecule has 21 heteroatoms. The molecular weight excluding hydrogens is 1040 g/mol. The first-order valence-electron chi connectivity index (χ1n) is 27.2. The monoisotopic (exact) mass is 1110 g/mol. The summed E-state index contributed by atoms with van der Waals surface area (Å²) in [7, 11) is 0. The van der Waals surface area contributed by atoms with E-state index < -0.39 is 23.3 Å². The molecule has 2 saturated heterocycles. The van der Waals surface area contributed by atoms with Crippen LogP contribution >= 0.6 is 0 Å². The molecule has 8 aromatic rings. The van der Waals surface area contributed by atoms with Crippen LogP contribution in [0.15, 0.2) is 98.6 Å². The SMILES string of the molecule is C=CC[C@]1(CC)CN(Cc2ccc(Nc3ncc(F)c(-c4cc(F)c5nc(C)n(C(C)C)c5c4)n3)nc2)CCO1.C=CC[C@]1(CC)CNCCO1.Cc1nc2c(F)cc(-c3nc(Nc4ccc(C=O)cn4)ncc3F)cc2n1C(C)C. The van der Waals surface area contributed by atoms with Gasteiger partial charge in [0.2, 0.25) is 11.9 Å². The van der Waals surface area contributed by atoms with Gasteiger partial charge in [0.25, 0.3) is 0 Å². The molecule has 2 aliphatic heterocycles. The second kappa shape index (κ2) is 26.2. The Morgan fingerprint density at radius 3 is 1.63 bits per heavy atom. The largest absolute Gasteiger partial charge is 0.372 e. The van der Waals surface area contributed by atoms with Gasteiger partial charge >= 0.3 is 0 Å². The number of hydrogen-bond donors (Lipinski definition) is 3. The third-order valence-electron chi connectivity index (χ3n) is 14.3. The van der Waals surface area contributed by atoms with E-state index in [2.05, 4.69) is 87.7 Å². The topological polar surface area (TPSA) is 188 Å². The summed E-state index contributed by atoms with van der Waals surface area (Å²) in [6.45, 7) is 29.4. The maximum absolute atomic E-state index is 15.0. The van der Waals surface area contributed by atoms with E-state index in [0.29, 0.717) is 58.3 Å². The number of carbonyl (C=O) groups is 1. The van der Waals surface area contributed by atoms with E-state index in [4.69, 9.17) is 9.47 Å². The second-order valence-corrected chi connectivity index (χ2v) is 20.7. The molecule has 0 bridgehead atoms. The van der Waals surface area contributed by atoms with E-state index in [1.54, 1.807) is 31.2 Å². The van der Waals surface area contributed by atoms with Crippen molar-refractivity contribution >= 4 is 51.9 Å². The van der Waals surface area contributed by atoms with Crippen molar-refractivity contribution in [2.45, 2.75) is 111 Å². The highest BCUT2D eigenvalue weighted by Crippen LogP contribution is 2.33. The first-order chi connectivity index (χ1) is 38.9. The number of aldehydes is 1. The van der Waals surface area contributed by atoms with Crippen LogP contribution in [0.2, 0.25) is 0 Å². The van der Waals surface area contributed by atoms with Gasteiger partial charge in [-0.25, -0.2) is 57.4 Å². The van der Waals surface area contributed by atoms with Crippen molar-refractivity contribution in [3.63, 3.8) is 0 Å². The van der Waals surface area contributed by atoms with Crippen molar-refractivity contribution in [3.05, 3.63) is 145 Å². The van der Waals surface area contributed by atoms with Crippen molar-refractivity contribution < 1.29 is 31.8 Å². The van der Waals surface area contributed by atoms with E-state index in [0.717, 1.165) is 83.0 Å². The number of carbonyl (C=O) groups excluding carboxylic acids is 1. The number of aromatic nitrogens is 10. The summed E-state index contributed by atoms with van der Waals surface area (Å²) < 4.78 is 74.8. The number of morpholine rings is 2. The minimum atomic E-state index is -0.684. The summed E-state index contributed by atoms with van der Waals surface area (Å²) in [4.78, 5) is 46.9. The average Bonchev–Trinajstić information content (AvgIpc) is 4.14. The molecule has 0 radical (unpaired) electrons. The molecule has 2 aliphatic rings. The summed E-state index contributed by atoms with van der Waals surface area (Å²) in [5, 5.41) is 9.23. The number of halogens is 4. The standard InChI is InChI=1S/C30H35F2N7O.C21H18F2N6O.C9H17NO/c1-6-10-30(7-2)18-38(11-12-40-30)17-21-8-9-26(33-15-21)36-29-34-16-24(32)27(37-29)22-13-23(31)28-25(14-22)39(19(3)4)20(5)35-28;1-11(2)29-12(3)26-20-15(22)6-14(7-17(20)29)19-16(23)9-25-21(28-19)27-18-5-4-13(10-30)8-24-18;1-3-5-9(4-2)8-10-6-7-11-9/h6,8-9,13-16,19H,1,7,10-12,17-18H2,2-5H3,(H,33,34,36,37);4-11H,1-3H3,(H,24,25,27,28);3,10H,1,4-8H2,2H3/t30-;;9-/m1.1/s1. The zero-order valence-corrected chi connectivity index (χ0v) is 47.2. The Morgan fingerprint density at radius 2 is 1.19 bits per heavy atom. The highest BCUT2D eigenvalue weighted by molar-refractivity contribution is 5.84. The quantitative estimate of drug-likeness (QED) is 0.0443. The van der Waals surface area contributed by atoms with E-state index in [9.17, 15) is 22.4 Å². The van der Waals surface area contributed by atoms with Gasteiger partial charge in [-0.15, -0.1) is 13.2 Å². The molecule has 81 heavy (non-hydrogen) atoms. The van der Waals surface area contributed by atoms with Gasteiger partial charge < -0.3 is 34.6 Å². The Morgan fingerprint density at radius 1 is 0.667 bits per heavy atom. The number of benzene rings is 2. The van der Waals surface area contributed by atoms with Crippen LogP contribution in [0.5, 0.6) is 0 Å². The molecule has 8 heterocycles. The minimum absolute atomic E-state index is 0.00433. The lowest BCUT2D eigenvalue weighted by Crippen LogP contribution is -2.50. The predicted molar refractivity (Wildman–Crippen MR) is 308 cm³/mol. The number of aryl methyl sites for hydroxylation is 2. The molecule has 2 atom stereocenters. The summed E-state index contributed by atoms with van der Waals surface area (Å²) in [6, 6.07) is 13.0. The fourth-order valence-electron chi connectivity index (χ4n) is 10.3. The van der Waals surface area contributed by atoms with Crippen molar-refractivity contribution in [1.29, 1.82) is 0 Å². The van der Waals surface area contributed by atoms with Crippen LogP contribution in [-0.2, 0) is 16.0 Å². The van der Waals surface area contributed by atoms with Crippen LogP contribution in [0.1, 0.15) is 107 Å². The molecule has 0 amide bonds. The molecule has 2 aromatic carbocycles. The molecule has 3 N–H and O–H groups in total. The zero-order chi connectivity index (χ0) is 58.0. The van der Waals surface area contributed by atoms with Crippen molar-refractivity contribution in [3.8, 4) is 22.5 Å². The van der Waals surface area contributed by atoms with E-state index in [-0.39, 0.29) is 63.2 Å². The van der Waals surface area contributed by atoms with Gasteiger partial charge in [0.15, 0.2) is 29.6 Å². The number of anilines is 4. The molecule has 6 aromatic heterocycles. The van der Waals surface area contributed by atoms with E-state index in [1.807, 2.05) is 74.2 Å². The van der Waals surface area contributed by atoms with Gasteiger partial charge in [-0.05, 0) is 115 Å². The third-order valence-corrected chi connectivity index (χ3v) is 14.3. The summed E-state index contributed by atoms with van der Waals surface area (Å²) in [6.07, 6.45) is 13.6. The molecule has 0 spiro atoms. The first-order valence-corrected chi connectivity index (χ1v) is 27.2. The van der Waals surface area contributed by atoms with Crippen LogP contribution in [0, 0.1) is 37.1 Å². The number of rotatable bonds is 17. The lowest BCUT2D eigenvalue weighted by Gasteiger charge is -2.42. The highest BCUT2D eigenvalue weighted by Gasteiger charge is 2.34. The molecule has 426 valence electrons. The number of pyridine rings is 2. The lowest BCUT2D eigenvalue weighted by molar-refractivity contribution is -0.111. The zero-order valence-electron chi connectivity index (χ0n) is 47.2. The van der Waals surface area contributed by atoms with Crippen molar-refractivity contribution in [2.24, 2.45) is 0 Å². The van der Waals surface area contributed by atoms with Gasteiger partial charge in [-0.1, -0.05) is 32.1 Å². The number of hydrogen-bond acceptors (Lipinski definition) is 15. The average molecular weight is 1110 g/mol. The summed E-state index contributed by atoms with van der Waals surface area (Å²) in [5.74, 6) is 0.108. The highest BCUT2D eigenvalue weighted by atomic mass is 19.1. The third kappa shape index (κ3) is 13.8. The Labute approximate surface area is 469 Å². The fourth-order valence-corrected chi connectivity index (χ4v) is 10.3. The normalized spacial score (nSPS) is 17.4. The molecule has 17 nitrogen and oxygen atoms in total. The second-order valence-electron chi connectivity index (χ2n) is 20.7. The number of nitrogens with zero attached hydrogens (tertiary/aromatic N) is 11. The van der Waals surface area contributed by atoms with Gasteiger partial charge in [0, 0.05) is 73.9 Å². The van der Waals surface area contributed by atoms with Gasteiger partial charge in [0.05, 0.1) is 47.8 Å². The molecule has 0 aliphatic carbocycles. The summed E-state index contributed by atoms with van der Waals surface area (Å²) >= 11 is 0. The van der Waals surface area contributed by atoms with Crippen LogP contribution in [0.4, 0.5) is 41.1 Å². The summed E-state index contributed by atoms with van der Waals surface area (Å²) in [5.41, 5.74) is 3.51. The number of nitrogens with one attached hydrogen (secondary N) is 3. The van der Waals surface area contributed by atoms with Crippen LogP contribution in [0.25, 0.3) is 44.6 Å². The van der Waals surface area contributed by atoms with Crippen molar-refractivity contribution in [1.82, 2.24) is 59.2 Å². The maximum atomic E-state index is 15.0. The van der Waals surface area contributed by atoms with Crippen LogP contribution in [0.3, 0.4) is 0 Å². The Bertz CT molecular complexity index is 3490. The predicted octanol–water partition coefficient (Wildman–Crippen LogP) is 12.3. The number of fused-ring (bicyclic) bond motifs is 2. The number of imidazole rings is 2. The Balaban J connectivity index is 0.000000184. The molecule has 10 rings (SSSR count). The fraction of sp³-hybridized carbons (Fsp3) is 0.383. The Hall–Kier alpha value is -7.85. The lowest BCUT2D eigenvalue weighted by atomic mass is 9.94. The van der Waals surface area contributed by atoms with Crippen LogP contribution < -0.4 is 16.0 Å². The van der Waals surface area contributed by atoms with E-state index >= 15 is 0 Å². The minimum Gasteiger partial charge on any atom is -0.372 e. The smallest absolute Gasteiger partial charge is 0.229 e. The van der Waals surface area contributed by atoms with Crippen LogP contribution in [-0.4, -0.2) is 111 Å². The van der Waals surface area contributed by atoms with Gasteiger partial charge in [-0.2, -0.15) is 0 Å². The van der Waals surface area contributed by atoms with Gasteiger partial charge in [0.1, 0.15) is 45.7 Å². The van der Waals surface area contributed by atoms with Gasteiger partial charge in [-0.3, -0.25) is 9.69 Å². The number of ether oxygens (including phenoxy) is 2.